The Hall–Kier alpha value is -2.30. The molecule has 1 N–H and O–H groups in total. The first-order valence-electron chi connectivity index (χ1n) is 8.81. The smallest absolute Gasteiger partial charge is 0.344 e. The summed E-state index contributed by atoms with van der Waals surface area (Å²) in [4.78, 5) is 15.0. The molecule has 0 aliphatic carbocycles. The summed E-state index contributed by atoms with van der Waals surface area (Å²) >= 11 is 5.96. The van der Waals surface area contributed by atoms with E-state index in [-0.39, 0.29) is 5.75 Å². The standard InChI is InChI=1S/C21H20ClNO3/c1-13-16-8-9-18(24)17(12-23-10-2-3-11-23)20(16)26-21(25)19(13)14-4-6-15(22)7-5-14/h4-9,24H,2-3,10-12H2,1H3. The van der Waals surface area contributed by atoms with Crippen molar-refractivity contribution in [2.24, 2.45) is 0 Å². The van der Waals surface area contributed by atoms with Gasteiger partial charge >= 0.3 is 5.63 Å². The van der Waals surface area contributed by atoms with Crippen LogP contribution in [0.2, 0.25) is 5.02 Å². The quantitative estimate of drug-likeness (QED) is 0.678. The number of phenols is 1. The third kappa shape index (κ3) is 3.00. The maximum Gasteiger partial charge on any atom is 0.344 e. The normalized spacial score (nSPS) is 15.0. The molecule has 2 aromatic carbocycles. The molecule has 0 atom stereocenters. The van der Waals surface area contributed by atoms with Crippen LogP contribution in [0.5, 0.6) is 5.75 Å². The molecule has 0 unspecified atom stereocenters. The van der Waals surface area contributed by atoms with Gasteiger partial charge in [-0.05, 0) is 68.2 Å². The molecular weight excluding hydrogens is 350 g/mol. The van der Waals surface area contributed by atoms with E-state index in [9.17, 15) is 9.90 Å². The second kappa shape index (κ2) is 6.78. The highest BCUT2D eigenvalue weighted by Crippen LogP contribution is 2.33. The third-order valence-corrected chi connectivity index (χ3v) is 5.38. The van der Waals surface area contributed by atoms with Crippen LogP contribution in [0.3, 0.4) is 0 Å². The van der Waals surface area contributed by atoms with Crippen molar-refractivity contribution in [3.8, 4) is 16.9 Å². The fourth-order valence-corrected chi connectivity index (χ4v) is 3.85. The van der Waals surface area contributed by atoms with Crippen molar-refractivity contribution in [2.75, 3.05) is 13.1 Å². The second-order valence-corrected chi connectivity index (χ2v) is 7.26. The zero-order valence-electron chi connectivity index (χ0n) is 14.6. The number of aryl methyl sites for hydroxylation is 1. The summed E-state index contributed by atoms with van der Waals surface area (Å²) in [7, 11) is 0. The van der Waals surface area contributed by atoms with Gasteiger partial charge in [0.2, 0.25) is 0 Å². The summed E-state index contributed by atoms with van der Waals surface area (Å²) < 4.78 is 5.71. The number of fused-ring (bicyclic) bond motifs is 1. The van der Waals surface area contributed by atoms with Crippen LogP contribution in [-0.2, 0) is 6.54 Å². The number of phenolic OH excluding ortho intramolecular Hbond substituents is 1. The maximum absolute atomic E-state index is 12.7. The predicted octanol–water partition coefficient (Wildman–Crippen LogP) is 4.72. The lowest BCUT2D eigenvalue weighted by Crippen LogP contribution is -2.19. The minimum absolute atomic E-state index is 0.172. The van der Waals surface area contributed by atoms with Gasteiger partial charge in [0.15, 0.2) is 0 Å². The molecule has 1 aliphatic heterocycles. The van der Waals surface area contributed by atoms with Crippen LogP contribution in [0.25, 0.3) is 22.1 Å². The molecule has 1 saturated heterocycles. The van der Waals surface area contributed by atoms with E-state index >= 15 is 0 Å². The van der Waals surface area contributed by atoms with Gasteiger partial charge in [-0.3, -0.25) is 4.90 Å². The lowest BCUT2D eigenvalue weighted by molar-refractivity contribution is 0.323. The minimum atomic E-state index is -0.398. The third-order valence-electron chi connectivity index (χ3n) is 5.13. The molecule has 2 heterocycles. The zero-order valence-corrected chi connectivity index (χ0v) is 15.3. The number of hydrogen-bond acceptors (Lipinski definition) is 4. The largest absolute Gasteiger partial charge is 0.507 e. The molecule has 0 saturated carbocycles. The molecule has 0 bridgehead atoms. The van der Waals surface area contributed by atoms with E-state index in [2.05, 4.69) is 4.90 Å². The summed E-state index contributed by atoms with van der Waals surface area (Å²) in [6, 6.07) is 10.7. The molecule has 1 fully saturated rings. The Morgan fingerprint density at radius 2 is 1.81 bits per heavy atom. The summed E-state index contributed by atoms with van der Waals surface area (Å²) in [5.41, 5.74) is 2.93. The zero-order chi connectivity index (χ0) is 18.3. The van der Waals surface area contributed by atoms with Crippen LogP contribution in [-0.4, -0.2) is 23.1 Å². The highest BCUT2D eigenvalue weighted by atomic mass is 35.5. The fourth-order valence-electron chi connectivity index (χ4n) is 3.73. The van der Waals surface area contributed by atoms with Gasteiger partial charge in [-0.25, -0.2) is 4.79 Å². The molecule has 4 nitrogen and oxygen atoms in total. The van der Waals surface area contributed by atoms with Gasteiger partial charge in [-0.2, -0.15) is 0 Å². The molecule has 0 amide bonds. The summed E-state index contributed by atoms with van der Waals surface area (Å²) in [5, 5.41) is 11.8. The van der Waals surface area contributed by atoms with E-state index in [1.807, 2.05) is 25.1 Å². The van der Waals surface area contributed by atoms with Crippen molar-refractivity contribution >= 4 is 22.6 Å². The Bertz CT molecular complexity index is 1020. The number of halogens is 1. The number of benzene rings is 2. The van der Waals surface area contributed by atoms with Gasteiger partial charge in [0.25, 0.3) is 0 Å². The van der Waals surface area contributed by atoms with Crippen LogP contribution in [0.4, 0.5) is 0 Å². The number of hydrogen-bond donors (Lipinski definition) is 1. The van der Waals surface area contributed by atoms with E-state index < -0.39 is 5.63 Å². The Morgan fingerprint density at radius 3 is 2.50 bits per heavy atom. The van der Waals surface area contributed by atoms with Crippen LogP contribution in [0.1, 0.15) is 24.0 Å². The minimum Gasteiger partial charge on any atom is -0.507 e. The van der Waals surface area contributed by atoms with Gasteiger partial charge < -0.3 is 9.52 Å². The molecule has 3 aromatic rings. The topological polar surface area (TPSA) is 53.7 Å². The second-order valence-electron chi connectivity index (χ2n) is 6.82. The first-order valence-corrected chi connectivity index (χ1v) is 9.19. The van der Waals surface area contributed by atoms with Crippen molar-refractivity contribution in [3.63, 3.8) is 0 Å². The van der Waals surface area contributed by atoms with Crippen LogP contribution in [0.15, 0.2) is 45.6 Å². The van der Waals surface area contributed by atoms with Gasteiger partial charge in [0.1, 0.15) is 11.3 Å². The molecule has 5 heteroatoms. The summed E-state index contributed by atoms with van der Waals surface area (Å²) in [6.45, 7) is 4.51. The summed E-state index contributed by atoms with van der Waals surface area (Å²) in [6.07, 6.45) is 2.32. The predicted molar refractivity (Wildman–Crippen MR) is 104 cm³/mol. The Morgan fingerprint density at radius 1 is 1.12 bits per heavy atom. The van der Waals surface area contributed by atoms with Crippen molar-refractivity contribution in [3.05, 3.63) is 63.0 Å². The number of rotatable bonds is 3. The van der Waals surface area contributed by atoms with Crippen molar-refractivity contribution in [2.45, 2.75) is 26.3 Å². The van der Waals surface area contributed by atoms with Gasteiger partial charge in [0, 0.05) is 17.0 Å². The Kier molecular flexibility index (Phi) is 4.47. The van der Waals surface area contributed by atoms with E-state index in [0.717, 1.165) is 42.4 Å². The first kappa shape index (κ1) is 17.1. The average molecular weight is 370 g/mol. The number of aromatic hydroxyl groups is 1. The van der Waals surface area contributed by atoms with Crippen LogP contribution < -0.4 is 5.63 Å². The Labute approximate surface area is 156 Å². The van der Waals surface area contributed by atoms with E-state index in [0.29, 0.717) is 28.3 Å². The molecule has 134 valence electrons. The van der Waals surface area contributed by atoms with E-state index in [1.165, 1.54) is 0 Å². The lowest BCUT2D eigenvalue weighted by Gasteiger charge is -2.17. The highest BCUT2D eigenvalue weighted by molar-refractivity contribution is 6.30. The van der Waals surface area contributed by atoms with Crippen molar-refractivity contribution in [1.29, 1.82) is 0 Å². The molecule has 0 spiro atoms. The maximum atomic E-state index is 12.7. The van der Waals surface area contributed by atoms with Gasteiger partial charge in [-0.15, -0.1) is 0 Å². The van der Waals surface area contributed by atoms with Crippen molar-refractivity contribution in [1.82, 2.24) is 4.90 Å². The molecule has 0 radical (unpaired) electrons. The first-order chi connectivity index (χ1) is 12.5. The van der Waals surface area contributed by atoms with E-state index in [4.69, 9.17) is 16.0 Å². The number of nitrogens with zero attached hydrogens (tertiary/aromatic N) is 1. The van der Waals surface area contributed by atoms with Gasteiger partial charge in [-0.1, -0.05) is 23.7 Å². The lowest BCUT2D eigenvalue weighted by atomic mass is 9.98. The fraction of sp³-hybridized carbons (Fsp3) is 0.286. The van der Waals surface area contributed by atoms with Crippen LogP contribution >= 0.6 is 11.6 Å². The van der Waals surface area contributed by atoms with E-state index in [1.54, 1.807) is 18.2 Å². The molecule has 26 heavy (non-hydrogen) atoms. The number of likely N-dealkylation sites (tertiary alicyclic amines) is 1. The van der Waals surface area contributed by atoms with Crippen LogP contribution in [0, 0.1) is 6.92 Å². The highest BCUT2D eigenvalue weighted by Gasteiger charge is 2.20. The SMILES string of the molecule is Cc1c(-c2ccc(Cl)cc2)c(=O)oc2c(CN3CCCC3)c(O)ccc12. The summed E-state index contributed by atoms with van der Waals surface area (Å²) in [5.74, 6) is 0.172. The molecular formula is C21H20ClNO3. The molecule has 1 aromatic heterocycles. The van der Waals surface area contributed by atoms with Gasteiger partial charge in [0.05, 0.1) is 11.1 Å². The monoisotopic (exact) mass is 369 g/mol. The van der Waals surface area contributed by atoms with Crippen molar-refractivity contribution < 1.29 is 9.52 Å². The molecule has 4 rings (SSSR count). The average Bonchev–Trinajstić information content (AvgIpc) is 3.12. The Balaban J connectivity index is 1.89. The molecule has 1 aliphatic rings.